The Balaban J connectivity index is 2.41. The summed E-state index contributed by atoms with van der Waals surface area (Å²) in [6.45, 7) is 2.10. The van der Waals surface area contributed by atoms with Gasteiger partial charge in [0, 0.05) is 13.1 Å². The fourth-order valence-electron chi connectivity index (χ4n) is 2.51. The molecule has 1 heterocycles. The standard InChI is InChI=1S/C14H19F2NO3S/c1-10-3-2-5-17(6-4-10)21(19,20)13-8-11(9-18)7-12(15)14(13)16/h7-8,10,18H,2-6,9H2,1H3. The average Bonchev–Trinajstić information content (AvgIpc) is 2.66. The molecular formula is C14H19F2NO3S. The maximum atomic E-state index is 13.9. The maximum Gasteiger partial charge on any atom is 0.246 e. The summed E-state index contributed by atoms with van der Waals surface area (Å²) in [5.41, 5.74) is 0.0377. The molecule has 21 heavy (non-hydrogen) atoms. The molecule has 2 rings (SSSR count). The Morgan fingerprint density at radius 3 is 2.67 bits per heavy atom. The van der Waals surface area contributed by atoms with E-state index in [2.05, 4.69) is 0 Å². The van der Waals surface area contributed by atoms with Crippen LogP contribution in [0.1, 0.15) is 31.7 Å². The van der Waals surface area contributed by atoms with Crippen molar-refractivity contribution in [2.24, 2.45) is 5.92 Å². The van der Waals surface area contributed by atoms with Crippen molar-refractivity contribution in [1.29, 1.82) is 0 Å². The van der Waals surface area contributed by atoms with Crippen molar-refractivity contribution in [2.75, 3.05) is 13.1 Å². The van der Waals surface area contributed by atoms with Crippen LogP contribution in [0.5, 0.6) is 0 Å². The second-order valence-corrected chi connectivity index (χ2v) is 7.39. The molecule has 4 nitrogen and oxygen atoms in total. The molecule has 1 aromatic rings. The van der Waals surface area contributed by atoms with Gasteiger partial charge in [0.2, 0.25) is 10.0 Å². The van der Waals surface area contributed by atoms with Crippen LogP contribution in [0.4, 0.5) is 8.78 Å². The van der Waals surface area contributed by atoms with Crippen molar-refractivity contribution in [3.8, 4) is 0 Å². The Bertz CT molecular complexity index is 619. The van der Waals surface area contributed by atoms with Gasteiger partial charge in [-0.3, -0.25) is 0 Å². The van der Waals surface area contributed by atoms with Gasteiger partial charge >= 0.3 is 0 Å². The Morgan fingerprint density at radius 2 is 2.00 bits per heavy atom. The van der Waals surface area contributed by atoms with E-state index in [1.807, 2.05) is 6.92 Å². The van der Waals surface area contributed by atoms with Gasteiger partial charge in [-0.15, -0.1) is 0 Å². The minimum atomic E-state index is -4.09. The molecule has 1 aliphatic rings. The van der Waals surface area contributed by atoms with E-state index >= 15 is 0 Å². The van der Waals surface area contributed by atoms with Crippen LogP contribution in [0.2, 0.25) is 0 Å². The lowest BCUT2D eigenvalue weighted by Gasteiger charge is -2.21. The van der Waals surface area contributed by atoms with E-state index in [0.29, 0.717) is 31.8 Å². The Hall–Kier alpha value is -1.05. The van der Waals surface area contributed by atoms with Crippen molar-refractivity contribution in [1.82, 2.24) is 4.31 Å². The molecule has 0 aliphatic carbocycles. The third-order valence-corrected chi connectivity index (χ3v) is 5.73. The van der Waals surface area contributed by atoms with Gasteiger partial charge in [-0.25, -0.2) is 17.2 Å². The third-order valence-electron chi connectivity index (χ3n) is 3.83. The maximum absolute atomic E-state index is 13.9. The van der Waals surface area contributed by atoms with Gasteiger partial charge in [-0.05, 0) is 42.9 Å². The molecule has 0 amide bonds. The van der Waals surface area contributed by atoms with Crippen LogP contribution in [-0.2, 0) is 16.6 Å². The summed E-state index contributed by atoms with van der Waals surface area (Å²) in [6, 6.07) is 1.81. The Morgan fingerprint density at radius 1 is 1.29 bits per heavy atom. The van der Waals surface area contributed by atoms with Crippen LogP contribution < -0.4 is 0 Å². The number of hydrogen-bond donors (Lipinski definition) is 1. The summed E-state index contributed by atoms with van der Waals surface area (Å²) in [6.07, 6.45) is 2.31. The quantitative estimate of drug-likeness (QED) is 0.930. The van der Waals surface area contributed by atoms with Gasteiger partial charge < -0.3 is 5.11 Å². The van der Waals surface area contributed by atoms with Gasteiger partial charge in [0.15, 0.2) is 11.6 Å². The molecule has 1 atom stereocenters. The SMILES string of the molecule is CC1CCCN(S(=O)(=O)c2cc(CO)cc(F)c2F)CC1. The van der Waals surface area contributed by atoms with Crippen molar-refractivity contribution >= 4 is 10.0 Å². The zero-order valence-corrected chi connectivity index (χ0v) is 12.7. The first-order valence-electron chi connectivity index (χ1n) is 6.95. The monoisotopic (exact) mass is 319 g/mol. The van der Waals surface area contributed by atoms with Gasteiger partial charge in [-0.2, -0.15) is 4.31 Å². The summed E-state index contributed by atoms with van der Waals surface area (Å²) in [4.78, 5) is -0.693. The number of aliphatic hydroxyl groups excluding tert-OH is 1. The van der Waals surface area contributed by atoms with Crippen LogP contribution in [0.15, 0.2) is 17.0 Å². The summed E-state index contributed by atoms with van der Waals surface area (Å²) in [5.74, 6) is -2.23. The summed E-state index contributed by atoms with van der Waals surface area (Å²) in [7, 11) is -4.09. The average molecular weight is 319 g/mol. The molecule has 1 aromatic carbocycles. The van der Waals surface area contributed by atoms with Crippen LogP contribution in [-0.4, -0.2) is 30.9 Å². The third kappa shape index (κ3) is 3.41. The number of benzene rings is 1. The lowest BCUT2D eigenvalue weighted by atomic mass is 10.0. The molecule has 1 N–H and O–H groups in total. The summed E-state index contributed by atoms with van der Waals surface area (Å²) in [5, 5.41) is 9.04. The number of sulfonamides is 1. The topological polar surface area (TPSA) is 57.6 Å². The Labute approximate surface area is 123 Å². The minimum absolute atomic E-state index is 0.0377. The first-order chi connectivity index (χ1) is 9.86. The highest BCUT2D eigenvalue weighted by Gasteiger charge is 2.30. The molecule has 1 saturated heterocycles. The fraction of sp³-hybridized carbons (Fsp3) is 0.571. The van der Waals surface area contributed by atoms with E-state index < -0.39 is 33.2 Å². The number of aliphatic hydroxyl groups is 1. The minimum Gasteiger partial charge on any atom is -0.392 e. The summed E-state index contributed by atoms with van der Waals surface area (Å²) < 4.78 is 53.6. The van der Waals surface area contributed by atoms with Crippen LogP contribution in [0, 0.1) is 17.6 Å². The molecule has 0 bridgehead atoms. The van der Waals surface area contributed by atoms with Crippen molar-refractivity contribution < 1.29 is 22.3 Å². The van der Waals surface area contributed by atoms with Crippen LogP contribution >= 0.6 is 0 Å². The van der Waals surface area contributed by atoms with E-state index in [0.717, 1.165) is 18.6 Å². The van der Waals surface area contributed by atoms with E-state index in [-0.39, 0.29) is 5.56 Å². The Kier molecular flexibility index (Phi) is 4.95. The zero-order chi connectivity index (χ0) is 15.6. The molecule has 0 radical (unpaired) electrons. The van der Waals surface area contributed by atoms with Crippen molar-refractivity contribution in [2.45, 2.75) is 37.7 Å². The highest BCUT2D eigenvalue weighted by molar-refractivity contribution is 7.89. The first kappa shape index (κ1) is 16.3. The first-order valence-corrected chi connectivity index (χ1v) is 8.39. The van der Waals surface area contributed by atoms with E-state index in [1.165, 1.54) is 4.31 Å². The number of rotatable bonds is 3. The lowest BCUT2D eigenvalue weighted by molar-refractivity contribution is 0.280. The second-order valence-electron chi connectivity index (χ2n) is 5.49. The normalized spacial score (nSPS) is 21.2. The number of halogens is 2. The van der Waals surface area contributed by atoms with E-state index in [1.54, 1.807) is 0 Å². The molecule has 1 fully saturated rings. The molecule has 0 spiro atoms. The van der Waals surface area contributed by atoms with Crippen molar-refractivity contribution in [3.05, 3.63) is 29.3 Å². The molecule has 7 heteroatoms. The molecule has 118 valence electrons. The van der Waals surface area contributed by atoms with Gasteiger partial charge in [0.25, 0.3) is 0 Å². The number of nitrogens with zero attached hydrogens (tertiary/aromatic N) is 1. The zero-order valence-electron chi connectivity index (χ0n) is 11.8. The molecular weight excluding hydrogens is 300 g/mol. The number of hydrogen-bond acceptors (Lipinski definition) is 3. The second kappa shape index (κ2) is 6.37. The predicted octanol–water partition coefficient (Wildman–Crippen LogP) is 2.27. The highest BCUT2D eigenvalue weighted by atomic mass is 32.2. The van der Waals surface area contributed by atoms with Crippen LogP contribution in [0.25, 0.3) is 0 Å². The van der Waals surface area contributed by atoms with Gasteiger partial charge in [0.05, 0.1) is 6.61 Å². The highest BCUT2D eigenvalue weighted by Crippen LogP contribution is 2.26. The van der Waals surface area contributed by atoms with Crippen molar-refractivity contribution in [3.63, 3.8) is 0 Å². The van der Waals surface area contributed by atoms with E-state index in [9.17, 15) is 17.2 Å². The predicted molar refractivity (Wildman–Crippen MR) is 74.1 cm³/mol. The largest absolute Gasteiger partial charge is 0.392 e. The van der Waals surface area contributed by atoms with Gasteiger partial charge in [-0.1, -0.05) is 6.92 Å². The van der Waals surface area contributed by atoms with Gasteiger partial charge in [0.1, 0.15) is 4.90 Å². The molecule has 0 aromatic heterocycles. The lowest BCUT2D eigenvalue weighted by Crippen LogP contribution is -2.33. The smallest absolute Gasteiger partial charge is 0.246 e. The molecule has 1 unspecified atom stereocenters. The molecule has 1 aliphatic heterocycles. The summed E-state index contributed by atoms with van der Waals surface area (Å²) >= 11 is 0. The van der Waals surface area contributed by atoms with E-state index in [4.69, 9.17) is 5.11 Å². The van der Waals surface area contributed by atoms with Crippen LogP contribution in [0.3, 0.4) is 0 Å². The fourth-order valence-corrected chi connectivity index (χ4v) is 4.13. The molecule has 0 saturated carbocycles.